The van der Waals surface area contributed by atoms with Crippen molar-refractivity contribution in [1.82, 2.24) is 9.80 Å². The summed E-state index contributed by atoms with van der Waals surface area (Å²) in [7, 11) is -3.01. The Hall–Kier alpha value is -0.730. The van der Waals surface area contributed by atoms with Crippen molar-refractivity contribution in [3.8, 4) is 0 Å². The minimum absolute atomic E-state index is 0.0539. The van der Waals surface area contributed by atoms with Crippen LogP contribution in [-0.4, -0.2) is 79.5 Å². The molecule has 1 atom stereocenters. The fourth-order valence-electron chi connectivity index (χ4n) is 2.61. The van der Waals surface area contributed by atoms with Gasteiger partial charge in [-0.05, 0) is 13.3 Å². The highest BCUT2D eigenvalue weighted by atomic mass is 32.2. The van der Waals surface area contributed by atoms with Gasteiger partial charge in [0.2, 0.25) is 0 Å². The van der Waals surface area contributed by atoms with Gasteiger partial charge in [-0.1, -0.05) is 12.2 Å². The number of carbonyl (C=O) groups excluding carboxylic acids is 1. The average molecular weight is 320 g/mol. The van der Waals surface area contributed by atoms with E-state index in [1.165, 1.54) is 0 Å². The number of likely N-dealkylation sites (N-methyl/N-ethyl adjacent to an activating group) is 1. The number of hydrogen-bond acceptors (Lipinski definition) is 5. The standard InChI is InChI=1S/C12H20N2O4S2/c1-2-14(10-3-8-20(16,17)9-10)11(15)12(19)13-4-6-18-7-5-13/h10H,2-9H2,1H3. The van der Waals surface area contributed by atoms with E-state index >= 15 is 0 Å². The fourth-order valence-corrected chi connectivity index (χ4v) is 4.64. The van der Waals surface area contributed by atoms with Gasteiger partial charge in [0, 0.05) is 25.7 Å². The third kappa shape index (κ3) is 3.48. The minimum atomic E-state index is -3.01. The monoisotopic (exact) mass is 320 g/mol. The van der Waals surface area contributed by atoms with Gasteiger partial charge in [0.25, 0.3) is 5.91 Å². The molecule has 2 rings (SSSR count). The van der Waals surface area contributed by atoms with Crippen LogP contribution in [0.4, 0.5) is 0 Å². The molecule has 2 saturated heterocycles. The molecule has 0 aromatic rings. The lowest BCUT2D eigenvalue weighted by molar-refractivity contribution is -0.126. The molecule has 1 amide bonds. The molecule has 0 aromatic carbocycles. The number of hydrogen-bond donors (Lipinski definition) is 0. The van der Waals surface area contributed by atoms with Crippen LogP contribution >= 0.6 is 12.2 Å². The molecule has 0 radical (unpaired) electrons. The Bertz CT molecular complexity index is 486. The topological polar surface area (TPSA) is 66.9 Å². The van der Waals surface area contributed by atoms with Crippen molar-refractivity contribution in [2.45, 2.75) is 19.4 Å². The number of morpholine rings is 1. The van der Waals surface area contributed by atoms with Gasteiger partial charge in [0.1, 0.15) is 0 Å². The first-order valence-corrected chi connectivity index (χ1v) is 9.05. The van der Waals surface area contributed by atoms with Crippen LogP contribution in [0.2, 0.25) is 0 Å². The average Bonchev–Trinajstić information content (AvgIpc) is 2.79. The summed E-state index contributed by atoms with van der Waals surface area (Å²) in [6.07, 6.45) is 0.508. The molecule has 6 nitrogen and oxygen atoms in total. The van der Waals surface area contributed by atoms with Crippen LogP contribution < -0.4 is 0 Å². The molecular weight excluding hydrogens is 300 g/mol. The van der Waals surface area contributed by atoms with Gasteiger partial charge in [0.15, 0.2) is 14.8 Å². The summed E-state index contributed by atoms with van der Waals surface area (Å²) >= 11 is 5.26. The Morgan fingerprint density at radius 1 is 1.40 bits per heavy atom. The summed E-state index contributed by atoms with van der Waals surface area (Å²) in [4.78, 5) is 16.2. The molecule has 0 aliphatic carbocycles. The predicted molar refractivity (Wildman–Crippen MR) is 79.4 cm³/mol. The lowest BCUT2D eigenvalue weighted by atomic mass is 10.2. The Balaban J connectivity index is 2.03. The van der Waals surface area contributed by atoms with E-state index in [0.717, 1.165) is 0 Å². The molecule has 2 heterocycles. The Morgan fingerprint density at radius 3 is 2.55 bits per heavy atom. The molecule has 20 heavy (non-hydrogen) atoms. The molecule has 114 valence electrons. The summed E-state index contributed by atoms with van der Waals surface area (Å²) in [5, 5.41) is 0. The van der Waals surface area contributed by atoms with Crippen molar-refractivity contribution < 1.29 is 17.9 Å². The third-order valence-electron chi connectivity index (χ3n) is 3.73. The van der Waals surface area contributed by atoms with Crippen LogP contribution in [0, 0.1) is 0 Å². The van der Waals surface area contributed by atoms with Gasteiger partial charge < -0.3 is 14.5 Å². The van der Waals surface area contributed by atoms with Crippen molar-refractivity contribution in [2.24, 2.45) is 0 Å². The number of rotatable bonds is 2. The SMILES string of the molecule is CCN(C(=O)C(=S)N1CCOCC1)C1CCS(=O)(=O)C1. The first-order chi connectivity index (χ1) is 9.44. The Morgan fingerprint density at radius 2 is 2.05 bits per heavy atom. The number of carbonyl (C=O) groups is 1. The minimum Gasteiger partial charge on any atom is -0.378 e. The largest absolute Gasteiger partial charge is 0.378 e. The molecule has 8 heteroatoms. The molecule has 2 aliphatic rings. The second-order valence-corrected chi connectivity index (χ2v) is 7.67. The first-order valence-electron chi connectivity index (χ1n) is 6.82. The maximum absolute atomic E-state index is 12.5. The third-order valence-corrected chi connectivity index (χ3v) is 5.92. The number of nitrogens with zero attached hydrogens (tertiary/aromatic N) is 2. The van der Waals surface area contributed by atoms with E-state index in [-0.39, 0.29) is 28.4 Å². The highest BCUT2D eigenvalue weighted by Crippen LogP contribution is 2.18. The molecule has 1 unspecified atom stereocenters. The molecule has 0 aromatic heterocycles. The molecule has 2 fully saturated rings. The van der Waals surface area contributed by atoms with Crippen molar-refractivity contribution in [2.75, 3.05) is 44.4 Å². The predicted octanol–water partition coefficient (Wildman–Crippen LogP) is -0.318. The van der Waals surface area contributed by atoms with E-state index < -0.39 is 9.84 Å². The van der Waals surface area contributed by atoms with Crippen LogP contribution in [-0.2, 0) is 19.4 Å². The zero-order valence-electron chi connectivity index (χ0n) is 11.6. The number of thiocarbonyl (C=S) groups is 1. The first kappa shape index (κ1) is 15.7. The summed E-state index contributed by atoms with van der Waals surface area (Å²) in [6, 6.07) is -0.239. The number of amides is 1. The van der Waals surface area contributed by atoms with Crippen molar-refractivity contribution in [3.63, 3.8) is 0 Å². The van der Waals surface area contributed by atoms with Crippen molar-refractivity contribution >= 4 is 33.0 Å². The van der Waals surface area contributed by atoms with Gasteiger partial charge in [0.05, 0.1) is 24.7 Å². The highest BCUT2D eigenvalue weighted by Gasteiger charge is 2.36. The van der Waals surface area contributed by atoms with E-state index in [9.17, 15) is 13.2 Å². The van der Waals surface area contributed by atoms with Gasteiger partial charge >= 0.3 is 0 Å². The van der Waals surface area contributed by atoms with E-state index in [4.69, 9.17) is 17.0 Å². The molecule has 2 aliphatic heterocycles. The second kappa shape index (κ2) is 6.36. The molecular formula is C12H20N2O4S2. The molecule has 0 spiro atoms. The maximum Gasteiger partial charge on any atom is 0.281 e. The zero-order valence-corrected chi connectivity index (χ0v) is 13.2. The van der Waals surface area contributed by atoms with Crippen molar-refractivity contribution in [3.05, 3.63) is 0 Å². The Labute approximate surface area is 125 Å². The molecule has 0 saturated carbocycles. The highest BCUT2D eigenvalue weighted by molar-refractivity contribution is 7.91. The Kier molecular flexibility index (Phi) is 4.98. The van der Waals surface area contributed by atoms with Crippen LogP contribution in [0.3, 0.4) is 0 Å². The van der Waals surface area contributed by atoms with Gasteiger partial charge in [-0.3, -0.25) is 4.79 Å². The zero-order chi connectivity index (χ0) is 14.8. The van der Waals surface area contributed by atoms with Crippen LogP contribution in [0.15, 0.2) is 0 Å². The van der Waals surface area contributed by atoms with E-state index in [0.29, 0.717) is 39.3 Å². The van der Waals surface area contributed by atoms with E-state index in [1.807, 2.05) is 11.8 Å². The van der Waals surface area contributed by atoms with Crippen LogP contribution in [0.5, 0.6) is 0 Å². The molecule has 0 bridgehead atoms. The van der Waals surface area contributed by atoms with E-state index in [1.54, 1.807) is 4.90 Å². The van der Waals surface area contributed by atoms with Crippen molar-refractivity contribution in [1.29, 1.82) is 0 Å². The number of sulfone groups is 1. The molecule has 0 N–H and O–H groups in total. The maximum atomic E-state index is 12.5. The number of ether oxygens (including phenoxy) is 1. The summed E-state index contributed by atoms with van der Waals surface area (Å²) in [6.45, 7) is 4.69. The van der Waals surface area contributed by atoms with Crippen LogP contribution in [0.25, 0.3) is 0 Å². The summed E-state index contributed by atoms with van der Waals surface area (Å²) < 4.78 is 28.4. The lowest BCUT2D eigenvalue weighted by Crippen LogP contribution is -2.51. The van der Waals surface area contributed by atoms with E-state index in [2.05, 4.69) is 0 Å². The summed E-state index contributed by atoms with van der Waals surface area (Å²) in [5.74, 6) is -0.0177. The van der Waals surface area contributed by atoms with Gasteiger partial charge in [-0.25, -0.2) is 8.42 Å². The van der Waals surface area contributed by atoms with Gasteiger partial charge in [-0.15, -0.1) is 0 Å². The quantitative estimate of drug-likeness (QED) is 0.650. The lowest BCUT2D eigenvalue weighted by Gasteiger charge is -2.33. The van der Waals surface area contributed by atoms with Gasteiger partial charge in [-0.2, -0.15) is 0 Å². The van der Waals surface area contributed by atoms with Crippen LogP contribution in [0.1, 0.15) is 13.3 Å². The second-order valence-electron chi connectivity index (χ2n) is 5.05. The summed E-state index contributed by atoms with van der Waals surface area (Å²) in [5.41, 5.74) is 0. The normalized spacial score (nSPS) is 25.4. The smallest absolute Gasteiger partial charge is 0.281 e. The fraction of sp³-hybridized carbons (Fsp3) is 0.833.